The maximum absolute atomic E-state index is 12.7. The van der Waals surface area contributed by atoms with Crippen LogP contribution in [-0.4, -0.2) is 73.4 Å². The van der Waals surface area contributed by atoms with Crippen LogP contribution in [0.15, 0.2) is 29.2 Å². The molecule has 21 nitrogen and oxygen atoms in total. The topological polar surface area (TPSA) is 327 Å². The van der Waals surface area contributed by atoms with Gasteiger partial charge in [0.2, 0.25) is 0 Å². The zero-order chi connectivity index (χ0) is 36.0. The number of hydrogen-bond acceptors (Lipinski definition) is 16. The molecule has 0 amide bonds. The lowest BCUT2D eigenvalue weighted by Gasteiger charge is -2.26. The summed E-state index contributed by atoms with van der Waals surface area (Å²) in [6, 6.07) is 4.91. The molecular formula is C25H34N5O16P3. The van der Waals surface area contributed by atoms with Gasteiger partial charge in [0.1, 0.15) is 23.9 Å². The van der Waals surface area contributed by atoms with Crippen LogP contribution in [0.2, 0.25) is 0 Å². The van der Waals surface area contributed by atoms with Crippen molar-refractivity contribution < 1.29 is 70.2 Å². The number of nitrogens with two attached hydrogens (primary N) is 3. The van der Waals surface area contributed by atoms with Gasteiger partial charge in [-0.1, -0.05) is 11.8 Å². The Morgan fingerprint density at radius 1 is 1.10 bits per heavy atom. The summed E-state index contributed by atoms with van der Waals surface area (Å²) < 4.78 is 69.8. The molecule has 2 heterocycles. The molecule has 0 radical (unpaired) electrons. The molecule has 10 N–H and O–H groups in total. The van der Waals surface area contributed by atoms with Gasteiger partial charge in [0, 0.05) is 19.2 Å². The number of esters is 1. The van der Waals surface area contributed by atoms with Crippen LogP contribution >= 0.6 is 23.5 Å². The van der Waals surface area contributed by atoms with Crippen molar-refractivity contribution in [1.29, 1.82) is 0 Å². The first-order valence-corrected chi connectivity index (χ1v) is 18.8. The van der Waals surface area contributed by atoms with Gasteiger partial charge in [0.05, 0.1) is 36.7 Å². The molecular weight excluding hydrogens is 719 g/mol. The van der Waals surface area contributed by atoms with E-state index in [1.54, 1.807) is 18.2 Å². The Labute approximate surface area is 278 Å². The highest BCUT2D eigenvalue weighted by Gasteiger charge is 2.43. The fourth-order valence-electron chi connectivity index (χ4n) is 4.58. The number of nitrogen functional groups attached to an aromatic ring is 1. The van der Waals surface area contributed by atoms with E-state index in [1.807, 2.05) is 0 Å². The van der Waals surface area contributed by atoms with E-state index in [4.69, 9.17) is 45.9 Å². The SMILES string of the molecule is NCO[C@@H]1C[C@H](n2cc(C#CCOC(=O)c3ccc(OC4CCC4)cc3CN)c(N)nc2=O)OC1COP(=O)(O)OP(=O)(O)OP(=O)(O)O. The van der Waals surface area contributed by atoms with E-state index in [9.17, 15) is 33.1 Å². The Morgan fingerprint density at radius 3 is 2.47 bits per heavy atom. The maximum atomic E-state index is 12.7. The fourth-order valence-corrected chi connectivity index (χ4v) is 7.61. The van der Waals surface area contributed by atoms with Crippen molar-refractivity contribution in [2.75, 3.05) is 25.7 Å². The van der Waals surface area contributed by atoms with E-state index < -0.39 is 60.2 Å². The van der Waals surface area contributed by atoms with Gasteiger partial charge in [-0.15, -0.1) is 0 Å². The van der Waals surface area contributed by atoms with Crippen molar-refractivity contribution in [3.05, 3.63) is 51.6 Å². The second-order valence-electron chi connectivity index (χ2n) is 10.4. The number of rotatable bonds is 15. The van der Waals surface area contributed by atoms with E-state index in [1.165, 1.54) is 6.20 Å². The fraction of sp³-hybridized carbons (Fsp3) is 0.480. The zero-order valence-electron chi connectivity index (χ0n) is 25.4. The largest absolute Gasteiger partial charge is 0.490 e. The van der Waals surface area contributed by atoms with Crippen LogP contribution in [0.3, 0.4) is 0 Å². The van der Waals surface area contributed by atoms with Crippen molar-refractivity contribution in [1.82, 2.24) is 9.55 Å². The molecule has 1 saturated carbocycles. The summed E-state index contributed by atoms with van der Waals surface area (Å²) in [7, 11) is -16.8. The Hall–Kier alpha value is -3.02. The minimum absolute atomic E-state index is 0.0485. The summed E-state index contributed by atoms with van der Waals surface area (Å²) in [4.78, 5) is 65.6. The molecule has 3 unspecified atom stereocenters. The van der Waals surface area contributed by atoms with Crippen LogP contribution in [0.5, 0.6) is 5.75 Å². The number of ether oxygens (including phenoxy) is 4. The van der Waals surface area contributed by atoms with Gasteiger partial charge >= 0.3 is 35.1 Å². The molecule has 270 valence electrons. The lowest BCUT2D eigenvalue weighted by Crippen LogP contribution is -2.31. The van der Waals surface area contributed by atoms with Crippen molar-refractivity contribution in [3.63, 3.8) is 0 Å². The number of aromatic nitrogens is 2. The van der Waals surface area contributed by atoms with E-state index in [2.05, 4.69) is 30.0 Å². The Kier molecular flexibility index (Phi) is 12.9. The Bertz CT molecular complexity index is 1790. The summed E-state index contributed by atoms with van der Waals surface area (Å²) in [5.74, 6) is 4.97. The molecule has 5 atom stereocenters. The number of nitrogens with zero attached hydrogens (tertiary/aromatic N) is 2. The predicted molar refractivity (Wildman–Crippen MR) is 165 cm³/mol. The number of carbonyl (C=O) groups is 1. The number of hydrogen-bond donors (Lipinski definition) is 7. The average molecular weight is 753 g/mol. The minimum atomic E-state index is -5.75. The molecule has 49 heavy (non-hydrogen) atoms. The smallest absolute Gasteiger partial charge is 0.490 e. The van der Waals surface area contributed by atoms with Crippen LogP contribution in [0.25, 0.3) is 0 Å². The summed E-state index contributed by atoms with van der Waals surface area (Å²) in [5.41, 5.74) is 17.1. The molecule has 1 aromatic heterocycles. The molecule has 1 aliphatic heterocycles. The van der Waals surface area contributed by atoms with Crippen LogP contribution in [0, 0.1) is 11.8 Å². The van der Waals surface area contributed by atoms with Gasteiger partial charge in [0.25, 0.3) is 0 Å². The molecule has 2 aromatic rings. The molecule has 4 rings (SSSR count). The van der Waals surface area contributed by atoms with Crippen LogP contribution in [-0.2, 0) is 47.6 Å². The van der Waals surface area contributed by atoms with Crippen molar-refractivity contribution in [2.24, 2.45) is 11.5 Å². The van der Waals surface area contributed by atoms with Gasteiger partial charge in [-0.25, -0.2) is 23.3 Å². The van der Waals surface area contributed by atoms with Crippen molar-refractivity contribution in [3.8, 4) is 17.6 Å². The average Bonchev–Trinajstić information content (AvgIpc) is 3.37. The number of phosphoric acid groups is 3. The predicted octanol–water partition coefficient (Wildman–Crippen LogP) is 0.356. The van der Waals surface area contributed by atoms with Gasteiger partial charge in [-0.05, 0) is 43.0 Å². The van der Waals surface area contributed by atoms with Gasteiger partial charge in [-0.2, -0.15) is 13.6 Å². The molecule has 2 aliphatic rings. The van der Waals surface area contributed by atoms with Gasteiger partial charge in [0.15, 0.2) is 6.61 Å². The molecule has 1 aromatic carbocycles. The molecule has 1 aliphatic carbocycles. The Morgan fingerprint density at radius 2 is 1.84 bits per heavy atom. The van der Waals surface area contributed by atoms with E-state index in [0.717, 1.165) is 23.8 Å². The first-order valence-electron chi connectivity index (χ1n) is 14.3. The molecule has 24 heteroatoms. The van der Waals surface area contributed by atoms with Crippen molar-refractivity contribution in [2.45, 2.75) is 56.8 Å². The van der Waals surface area contributed by atoms with E-state index >= 15 is 0 Å². The highest BCUT2D eigenvalue weighted by atomic mass is 31.3. The first-order chi connectivity index (χ1) is 23.0. The quantitative estimate of drug-likeness (QED) is 0.0558. The zero-order valence-corrected chi connectivity index (χ0v) is 28.1. The standard InChI is InChI=1S/C25H34N5O16P3/c26-11-16-9-18(43-17-4-1-5-17)6-7-19(16)24(31)40-8-2-3-15-12-30(25(32)29-23(15)28)22-10-20(41-14-27)21(44-22)13-42-48(36,37)46-49(38,39)45-47(33,34)35/h6-7,9,12,17,20-22H,1,4-5,8,10-11,13-14,26-27H2,(H,36,37)(H,38,39)(H2,28,29,32)(H2,33,34,35)/t20-,21?,22-/m1/s1. The minimum Gasteiger partial charge on any atom is -0.490 e. The van der Waals surface area contributed by atoms with Crippen LogP contribution < -0.4 is 27.6 Å². The number of anilines is 1. The molecule has 0 bridgehead atoms. The summed E-state index contributed by atoms with van der Waals surface area (Å²) in [5, 5.41) is 0. The lowest BCUT2D eigenvalue weighted by atomic mass is 9.96. The van der Waals surface area contributed by atoms with Crippen LogP contribution in [0.1, 0.15) is 53.4 Å². The Balaban J connectivity index is 1.40. The highest BCUT2D eigenvalue weighted by Crippen LogP contribution is 2.66. The summed E-state index contributed by atoms with van der Waals surface area (Å²) in [6.07, 6.45) is 0.953. The third-order valence-electron chi connectivity index (χ3n) is 6.97. The van der Waals surface area contributed by atoms with E-state index in [0.29, 0.717) is 11.3 Å². The van der Waals surface area contributed by atoms with Crippen LogP contribution in [0.4, 0.5) is 5.82 Å². The second-order valence-corrected chi connectivity index (χ2v) is 14.8. The molecule has 0 spiro atoms. The number of benzene rings is 1. The monoisotopic (exact) mass is 753 g/mol. The normalized spacial score (nSPS) is 21.9. The first kappa shape index (κ1) is 38.8. The van der Waals surface area contributed by atoms with Gasteiger partial charge in [-0.3, -0.25) is 9.09 Å². The van der Waals surface area contributed by atoms with Gasteiger partial charge < -0.3 is 55.7 Å². The maximum Gasteiger partial charge on any atom is 0.490 e. The highest BCUT2D eigenvalue weighted by molar-refractivity contribution is 7.66. The lowest BCUT2D eigenvalue weighted by molar-refractivity contribution is -0.0601. The summed E-state index contributed by atoms with van der Waals surface area (Å²) in [6.45, 7) is -1.51. The third-order valence-corrected chi connectivity index (χ3v) is 10.8. The summed E-state index contributed by atoms with van der Waals surface area (Å²) >= 11 is 0. The molecule has 1 saturated heterocycles. The molecule has 2 fully saturated rings. The second kappa shape index (κ2) is 16.3. The number of phosphoric ester groups is 1. The van der Waals surface area contributed by atoms with E-state index in [-0.39, 0.29) is 49.4 Å². The third kappa shape index (κ3) is 11.2. The number of carbonyl (C=O) groups excluding carboxylic acids is 1. The van der Waals surface area contributed by atoms with Crippen molar-refractivity contribution >= 4 is 35.3 Å².